The quantitative estimate of drug-likeness (QED) is 0.691. The molecule has 0 saturated heterocycles. The highest BCUT2D eigenvalue weighted by atomic mass is 16.5. The maximum absolute atomic E-state index is 5.60. The van der Waals surface area contributed by atoms with Gasteiger partial charge in [0.25, 0.3) is 0 Å². The average Bonchev–Trinajstić information content (AvgIpc) is 2.72. The number of ether oxygens (including phenoxy) is 1. The zero-order valence-corrected chi connectivity index (χ0v) is 10.4. The van der Waals surface area contributed by atoms with Gasteiger partial charge in [-0.15, -0.1) is 0 Å². The maximum atomic E-state index is 5.60. The van der Waals surface area contributed by atoms with Gasteiger partial charge in [-0.1, -0.05) is 12.8 Å². The second-order valence-corrected chi connectivity index (χ2v) is 4.30. The van der Waals surface area contributed by atoms with Crippen LogP contribution in [0.1, 0.15) is 45.6 Å². The van der Waals surface area contributed by atoms with E-state index in [0.717, 1.165) is 31.7 Å². The summed E-state index contributed by atoms with van der Waals surface area (Å²) in [6.07, 6.45) is 8.32. The molecule has 92 valence electrons. The second kappa shape index (κ2) is 7.28. The molecule has 0 unspecified atom stereocenters. The van der Waals surface area contributed by atoms with Crippen LogP contribution >= 0.6 is 0 Å². The minimum absolute atomic E-state index is 0.391. The van der Waals surface area contributed by atoms with Gasteiger partial charge in [-0.3, -0.25) is 4.68 Å². The topological polar surface area (TPSA) is 53.1 Å². The highest BCUT2D eigenvalue weighted by Gasteiger charge is 2.01. The van der Waals surface area contributed by atoms with Gasteiger partial charge in [0.15, 0.2) is 5.75 Å². The Morgan fingerprint density at radius 1 is 1.31 bits per heavy atom. The molecule has 0 aliphatic carbocycles. The average molecular weight is 225 g/mol. The van der Waals surface area contributed by atoms with Crippen LogP contribution in [0.25, 0.3) is 0 Å². The Morgan fingerprint density at radius 2 is 2.06 bits per heavy atom. The van der Waals surface area contributed by atoms with Crippen LogP contribution in [0.5, 0.6) is 5.75 Å². The van der Waals surface area contributed by atoms with Gasteiger partial charge in [-0.2, -0.15) is 5.10 Å². The standard InChI is InChI=1S/C12H23N3O/c1-11(2)15-10-12(9-14-15)16-8-6-4-3-5-7-13/h9-11H,3-8,13H2,1-2H3. The second-order valence-electron chi connectivity index (χ2n) is 4.30. The van der Waals surface area contributed by atoms with Crippen molar-refractivity contribution in [2.75, 3.05) is 13.2 Å². The summed E-state index contributed by atoms with van der Waals surface area (Å²) in [5.41, 5.74) is 5.42. The molecule has 0 aromatic carbocycles. The fourth-order valence-corrected chi connectivity index (χ4v) is 1.47. The molecular weight excluding hydrogens is 202 g/mol. The van der Waals surface area contributed by atoms with Crippen LogP contribution in [-0.2, 0) is 0 Å². The zero-order chi connectivity index (χ0) is 11.8. The van der Waals surface area contributed by atoms with E-state index in [0.29, 0.717) is 6.04 Å². The summed E-state index contributed by atoms with van der Waals surface area (Å²) >= 11 is 0. The van der Waals surface area contributed by atoms with Crippen LogP contribution in [0.3, 0.4) is 0 Å². The van der Waals surface area contributed by atoms with E-state index in [4.69, 9.17) is 10.5 Å². The molecule has 1 aromatic heterocycles. The molecule has 0 spiro atoms. The summed E-state index contributed by atoms with van der Waals surface area (Å²) in [5, 5.41) is 4.22. The Labute approximate surface area is 97.8 Å². The Balaban J connectivity index is 2.12. The van der Waals surface area contributed by atoms with Crippen molar-refractivity contribution in [2.45, 2.75) is 45.6 Å². The summed E-state index contributed by atoms with van der Waals surface area (Å²) in [7, 11) is 0. The number of nitrogens with zero attached hydrogens (tertiary/aromatic N) is 2. The number of nitrogens with two attached hydrogens (primary N) is 1. The lowest BCUT2D eigenvalue weighted by Gasteiger charge is -2.04. The highest BCUT2D eigenvalue weighted by Crippen LogP contribution is 2.12. The Morgan fingerprint density at radius 3 is 2.69 bits per heavy atom. The van der Waals surface area contributed by atoms with Gasteiger partial charge >= 0.3 is 0 Å². The molecule has 0 aliphatic heterocycles. The predicted molar refractivity (Wildman–Crippen MR) is 65.6 cm³/mol. The molecular formula is C12H23N3O. The molecule has 0 bridgehead atoms. The van der Waals surface area contributed by atoms with E-state index in [-0.39, 0.29) is 0 Å². The molecule has 0 atom stereocenters. The molecule has 1 aromatic rings. The Hall–Kier alpha value is -1.03. The van der Waals surface area contributed by atoms with Crippen LogP contribution < -0.4 is 10.5 Å². The van der Waals surface area contributed by atoms with Gasteiger partial charge in [-0.25, -0.2) is 0 Å². The van der Waals surface area contributed by atoms with Crippen molar-refractivity contribution < 1.29 is 4.74 Å². The van der Waals surface area contributed by atoms with Crippen molar-refractivity contribution in [2.24, 2.45) is 5.73 Å². The van der Waals surface area contributed by atoms with Crippen LogP contribution in [0, 0.1) is 0 Å². The van der Waals surface area contributed by atoms with Crippen molar-refractivity contribution in [3.05, 3.63) is 12.4 Å². The van der Waals surface area contributed by atoms with Crippen LogP contribution in [0.15, 0.2) is 12.4 Å². The number of hydrogen-bond donors (Lipinski definition) is 1. The minimum Gasteiger partial charge on any atom is -0.490 e. The first kappa shape index (κ1) is 13.0. The summed E-state index contributed by atoms with van der Waals surface area (Å²) in [5.74, 6) is 0.868. The molecule has 1 heterocycles. The van der Waals surface area contributed by atoms with Gasteiger partial charge < -0.3 is 10.5 Å². The number of rotatable bonds is 8. The minimum atomic E-state index is 0.391. The molecule has 4 heteroatoms. The summed E-state index contributed by atoms with van der Waals surface area (Å²) in [6, 6.07) is 0.391. The summed E-state index contributed by atoms with van der Waals surface area (Å²) in [6.45, 7) is 5.77. The third-order valence-corrected chi connectivity index (χ3v) is 2.47. The largest absolute Gasteiger partial charge is 0.490 e. The van der Waals surface area contributed by atoms with E-state index < -0.39 is 0 Å². The fraction of sp³-hybridized carbons (Fsp3) is 0.750. The molecule has 1 rings (SSSR count). The summed E-state index contributed by atoms with van der Waals surface area (Å²) in [4.78, 5) is 0. The van der Waals surface area contributed by atoms with E-state index in [1.165, 1.54) is 12.8 Å². The molecule has 16 heavy (non-hydrogen) atoms. The van der Waals surface area contributed by atoms with E-state index in [2.05, 4.69) is 18.9 Å². The lowest BCUT2D eigenvalue weighted by Crippen LogP contribution is -2.01. The number of unbranched alkanes of at least 4 members (excludes halogenated alkanes) is 3. The zero-order valence-electron chi connectivity index (χ0n) is 10.4. The first-order valence-electron chi connectivity index (χ1n) is 6.11. The molecule has 0 aliphatic rings. The van der Waals surface area contributed by atoms with Crippen molar-refractivity contribution in [1.29, 1.82) is 0 Å². The first-order chi connectivity index (χ1) is 7.74. The van der Waals surface area contributed by atoms with E-state index in [1.807, 2.05) is 10.9 Å². The first-order valence-corrected chi connectivity index (χ1v) is 6.11. The van der Waals surface area contributed by atoms with Crippen LogP contribution in [0.2, 0.25) is 0 Å². The van der Waals surface area contributed by atoms with Crippen molar-refractivity contribution in [1.82, 2.24) is 9.78 Å². The van der Waals surface area contributed by atoms with Crippen molar-refractivity contribution in [3.8, 4) is 5.75 Å². The SMILES string of the molecule is CC(C)n1cc(OCCCCCCN)cn1. The molecule has 0 fully saturated rings. The van der Waals surface area contributed by atoms with E-state index in [1.54, 1.807) is 6.20 Å². The Bertz CT molecular complexity index is 284. The molecule has 0 saturated carbocycles. The third kappa shape index (κ3) is 4.66. The maximum Gasteiger partial charge on any atom is 0.157 e. The smallest absolute Gasteiger partial charge is 0.157 e. The van der Waals surface area contributed by atoms with Gasteiger partial charge in [-0.05, 0) is 33.2 Å². The predicted octanol–water partition coefficient (Wildman–Crippen LogP) is 2.36. The molecule has 0 amide bonds. The highest BCUT2D eigenvalue weighted by molar-refractivity contribution is 5.11. The van der Waals surface area contributed by atoms with Gasteiger partial charge in [0.1, 0.15) is 0 Å². The molecule has 4 nitrogen and oxygen atoms in total. The molecule has 2 N–H and O–H groups in total. The molecule has 0 radical (unpaired) electrons. The van der Waals surface area contributed by atoms with Gasteiger partial charge in [0.2, 0.25) is 0 Å². The van der Waals surface area contributed by atoms with E-state index >= 15 is 0 Å². The van der Waals surface area contributed by atoms with Crippen LogP contribution in [-0.4, -0.2) is 22.9 Å². The van der Waals surface area contributed by atoms with Gasteiger partial charge in [0.05, 0.1) is 19.0 Å². The third-order valence-electron chi connectivity index (χ3n) is 2.47. The normalized spacial score (nSPS) is 11.0. The fourth-order valence-electron chi connectivity index (χ4n) is 1.47. The van der Waals surface area contributed by atoms with Crippen LogP contribution in [0.4, 0.5) is 0 Å². The van der Waals surface area contributed by atoms with E-state index in [9.17, 15) is 0 Å². The lowest BCUT2D eigenvalue weighted by molar-refractivity contribution is 0.304. The summed E-state index contributed by atoms with van der Waals surface area (Å²) < 4.78 is 7.51. The van der Waals surface area contributed by atoms with Gasteiger partial charge in [0, 0.05) is 6.04 Å². The number of aromatic nitrogens is 2. The monoisotopic (exact) mass is 225 g/mol. The number of hydrogen-bond acceptors (Lipinski definition) is 3. The Kier molecular flexibility index (Phi) is 5.93. The van der Waals surface area contributed by atoms with Crippen molar-refractivity contribution >= 4 is 0 Å². The van der Waals surface area contributed by atoms with Crippen molar-refractivity contribution in [3.63, 3.8) is 0 Å². The lowest BCUT2D eigenvalue weighted by atomic mass is 10.2.